The second-order valence-corrected chi connectivity index (χ2v) is 6.89. The summed E-state index contributed by atoms with van der Waals surface area (Å²) in [7, 11) is 0. The topological polar surface area (TPSA) is 125 Å². The molecule has 27 heavy (non-hydrogen) atoms. The zero-order chi connectivity index (χ0) is 19.4. The van der Waals surface area contributed by atoms with Crippen molar-refractivity contribution in [2.24, 2.45) is 0 Å². The van der Waals surface area contributed by atoms with Gasteiger partial charge in [-0.2, -0.15) is 0 Å². The van der Waals surface area contributed by atoms with Crippen LogP contribution in [0.4, 0.5) is 0 Å². The van der Waals surface area contributed by atoms with E-state index in [9.17, 15) is 19.5 Å². The number of H-pyrrole nitrogens is 1. The van der Waals surface area contributed by atoms with Crippen LogP contribution in [-0.2, 0) is 16.0 Å². The first-order chi connectivity index (χ1) is 12.9. The first-order valence-corrected chi connectivity index (χ1v) is 8.96. The van der Waals surface area contributed by atoms with Crippen molar-refractivity contribution in [3.63, 3.8) is 0 Å². The number of pyridine rings is 1. The molecule has 0 spiro atoms. The van der Waals surface area contributed by atoms with Gasteiger partial charge in [0.2, 0.25) is 5.91 Å². The van der Waals surface area contributed by atoms with Crippen molar-refractivity contribution in [3.05, 3.63) is 46.1 Å². The lowest BCUT2D eigenvalue weighted by Crippen LogP contribution is -2.56. The number of aliphatic carboxylic acids is 1. The molecule has 0 unspecified atom stereocenters. The third-order valence-electron chi connectivity index (χ3n) is 4.99. The van der Waals surface area contributed by atoms with Crippen LogP contribution in [0.3, 0.4) is 0 Å². The second kappa shape index (κ2) is 7.69. The van der Waals surface area contributed by atoms with Gasteiger partial charge in [0.1, 0.15) is 11.4 Å². The summed E-state index contributed by atoms with van der Waals surface area (Å²) in [6.45, 7) is 1.66. The predicted octanol–water partition coefficient (Wildman–Crippen LogP) is 1.59. The number of aromatic amines is 1. The SMILES string of the molecule is Cc1nc(-c2cccnc2)[nH]c(=O)c1CC(=O)NC1(C(=O)O)CCCCC1. The van der Waals surface area contributed by atoms with Crippen LogP contribution >= 0.6 is 0 Å². The molecular weight excluding hydrogens is 348 g/mol. The van der Waals surface area contributed by atoms with Gasteiger partial charge in [0.05, 0.1) is 6.42 Å². The fraction of sp³-hybridized carbons (Fsp3) is 0.421. The minimum Gasteiger partial charge on any atom is -0.480 e. The Kier molecular flexibility index (Phi) is 5.34. The minimum atomic E-state index is -1.24. The minimum absolute atomic E-state index is 0.212. The van der Waals surface area contributed by atoms with E-state index in [0.717, 1.165) is 19.3 Å². The lowest BCUT2D eigenvalue weighted by Gasteiger charge is -2.34. The second-order valence-electron chi connectivity index (χ2n) is 6.89. The predicted molar refractivity (Wildman–Crippen MR) is 98.1 cm³/mol. The van der Waals surface area contributed by atoms with E-state index in [1.54, 1.807) is 31.5 Å². The molecular formula is C19H22N4O4. The maximum atomic E-state index is 12.5. The van der Waals surface area contributed by atoms with Gasteiger partial charge >= 0.3 is 5.97 Å². The average molecular weight is 370 g/mol. The largest absolute Gasteiger partial charge is 0.480 e. The van der Waals surface area contributed by atoms with Crippen LogP contribution in [0.5, 0.6) is 0 Å². The molecule has 2 heterocycles. The Hall–Kier alpha value is -3.03. The molecule has 1 amide bonds. The molecule has 142 valence electrons. The molecule has 2 aromatic rings. The Morgan fingerprint density at radius 1 is 1.30 bits per heavy atom. The molecule has 1 aliphatic rings. The number of carboxylic acids is 1. The first kappa shape index (κ1) is 18.8. The molecule has 8 heteroatoms. The Balaban J connectivity index is 1.80. The zero-order valence-corrected chi connectivity index (χ0v) is 15.1. The van der Waals surface area contributed by atoms with E-state index in [1.807, 2.05) is 0 Å². The summed E-state index contributed by atoms with van der Waals surface area (Å²) >= 11 is 0. The highest BCUT2D eigenvalue weighted by atomic mass is 16.4. The number of amides is 1. The van der Waals surface area contributed by atoms with Gasteiger partial charge in [0.15, 0.2) is 0 Å². The summed E-state index contributed by atoms with van der Waals surface area (Å²) in [5, 5.41) is 12.2. The molecule has 0 radical (unpaired) electrons. The van der Waals surface area contributed by atoms with Crippen LogP contribution in [0.15, 0.2) is 29.3 Å². The molecule has 3 rings (SSSR count). The third kappa shape index (κ3) is 4.05. The lowest BCUT2D eigenvalue weighted by molar-refractivity contribution is -0.149. The van der Waals surface area contributed by atoms with Crippen LogP contribution in [-0.4, -0.2) is 37.5 Å². The molecule has 2 aromatic heterocycles. The Labute approximate surface area is 156 Å². The van der Waals surface area contributed by atoms with Crippen molar-refractivity contribution < 1.29 is 14.7 Å². The molecule has 1 aliphatic carbocycles. The van der Waals surface area contributed by atoms with Crippen molar-refractivity contribution in [3.8, 4) is 11.4 Å². The summed E-state index contributed by atoms with van der Waals surface area (Å²) in [5.74, 6) is -1.13. The van der Waals surface area contributed by atoms with Crippen LogP contribution in [0, 0.1) is 6.92 Å². The number of nitrogens with one attached hydrogen (secondary N) is 2. The van der Waals surface area contributed by atoms with E-state index in [1.165, 1.54) is 0 Å². The van der Waals surface area contributed by atoms with Gasteiger partial charge in [-0.05, 0) is 31.9 Å². The van der Waals surface area contributed by atoms with Gasteiger partial charge in [-0.15, -0.1) is 0 Å². The number of hydrogen-bond donors (Lipinski definition) is 3. The highest BCUT2D eigenvalue weighted by molar-refractivity contribution is 5.88. The smallest absolute Gasteiger partial charge is 0.329 e. The monoisotopic (exact) mass is 370 g/mol. The molecule has 0 saturated heterocycles. The molecule has 0 aliphatic heterocycles. The van der Waals surface area contributed by atoms with Gasteiger partial charge in [-0.25, -0.2) is 9.78 Å². The van der Waals surface area contributed by atoms with E-state index in [4.69, 9.17) is 0 Å². The highest BCUT2D eigenvalue weighted by Crippen LogP contribution is 2.28. The zero-order valence-electron chi connectivity index (χ0n) is 15.1. The maximum absolute atomic E-state index is 12.5. The molecule has 0 atom stereocenters. The van der Waals surface area contributed by atoms with Crippen LogP contribution in [0.2, 0.25) is 0 Å². The lowest BCUT2D eigenvalue weighted by atomic mass is 9.81. The summed E-state index contributed by atoms with van der Waals surface area (Å²) in [6, 6.07) is 3.51. The van der Waals surface area contributed by atoms with Gasteiger partial charge in [0, 0.05) is 29.2 Å². The van der Waals surface area contributed by atoms with Gasteiger partial charge in [0.25, 0.3) is 5.56 Å². The van der Waals surface area contributed by atoms with Gasteiger partial charge in [-0.3, -0.25) is 14.6 Å². The van der Waals surface area contributed by atoms with Crippen molar-refractivity contribution >= 4 is 11.9 Å². The van der Waals surface area contributed by atoms with E-state index >= 15 is 0 Å². The Morgan fingerprint density at radius 2 is 2.04 bits per heavy atom. The molecule has 1 fully saturated rings. The van der Waals surface area contributed by atoms with E-state index in [-0.39, 0.29) is 12.0 Å². The molecule has 8 nitrogen and oxygen atoms in total. The fourth-order valence-corrected chi connectivity index (χ4v) is 3.48. The van der Waals surface area contributed by atoms with E-state index in [2.05, 4.69) is 20.3 Å². The summed E-state index contributed by atoms with van der Waals surface area (Å²) < 4.78 is 0. The van der Waals surface area contributed by atoms with Crippen LogP contribution in [0.25, 0.3) is 11.4 Å². The summed E-state index contributed by atoms with van der Waals surface area (Å²) in [5.41, 5.74) is -0.318. The number of rotatable bonds is 5. The molecule has 0 bridgehead atoms. The van der Waals surface area contributed by atoms with Crippen LogP contribution in [0.1, 0.15) is 43.4 Å². The number of carboxylic acid groups (broad SMARTS) is 1. The first-order valence-electron chi connectivity index (χ1n) is 8.96. The van der Waals surface area contributed by atoms with Crippen molar-refractivity contribution in [2.75, 3.05) is 0 Å². The number of carbonyl (C=O) groups excluding carboxylic acids is 1. The highest BCUT2D eigenvalue weighted by Gasteiger charge is 2.40. The van der Waals surface area contributed by atoms with Crippen molar-refractivity contribution in [2.45, 2.75) is 51.0 Å². The quantitative estimate of drug-likeness (QED) is 0.734. The number of hydrogen-bond acceptors (Lipinski definition) is 5. The molecule has 3 N–H and O–H groups in total. The van der Waals surface area contributed by atoms with E-state index < -0.39 is 23.0 Å². The number of aromatic nitrogens is 3. The summed E-state index contributed by atoms with van der Waals surface area (Å²) in [4.78, 5) is 47.7. The molecule has 1 saturated carbocycles. The maximum Gasteiger partial charge on any atom is 0.329 e. The normalized spacial score (nSPS) is 15.9. The number of nitrogens with zero attached hydrogens (tertiary/aromatic N) is 2. The van der Waals surface area contributed by atoms with Gasteiger partial charge in [-0.1, -0.05) is 19.3 Å². The Morgan fingerprint density at radius 3 is 2.63 bits per heavy atom. The van der Waals surface area contributed by atoms with Crippen LogP contribution < -0.4 is 10.9 Å². The standard InChI is InChI=1S/C19H22N4O4/c1-12-14(17(25)22-16(21-12)13-6-5-9-20-11-13)10-15(24)23-19(18(26)27)7-3-2-4-8-19/h5-6,9,11H,2-4,7-8,10H2,1H3,(H,23,24)(H,26,27)(H,21,22,25). The number of aryl methyl sites for hydroxylation is 1. The van der Waals surface area contributed by atoms with Gasteiger partial charge < -0.3 is 15.4 Å². The summed E-state index contributed by atoms with van der Waals surface area (Å²) in [6.07, 6.45) is 6.28. The molecule has 0 aromatic carbocycles. The Bertz CT molecular complexity index is 902. The fourth-order valence-electron chi connectivity index (χ4n) is 3.48. The average Bonchev–Trinajstić information content (AvgIpc) is 2.66. The van der Waals surface area contributed by atoms with E-state index in [0.29, 0.717) is 29.9 Å². The third-order valence-corrected chi connectivity index (χ3v) is 4.99. The van der Waals surface area contributed by atoms with Crippen molar-refractivity contribution in [1.29, 1.82) is 0 Å². The van der Waals surface area contributed by atoms with Crippen molar-refractivity contribution in [1.82, 2.24) is 20.3 Å². The number of carbonyl (C=O) groups is 2.